The van der Waals surface area contributed by atoms with Gasteiger partial charge in [0, 0.05) is 24.2 Å². The van der Waals surface area contributed by atoms with Crippen LogP contribution in [0.15, 0.2) is 18.2 Å². The Morgan fingerprint density at radius 3 is 2.95 bits per heavy atom. The number of halogens is 2. The van der Waals surface area contributed by atoms with Crippen LogP contribution in [0, 0.1) is 0 Å². The second kappa shape index (κ2) is 7.16. The van der Waals surface area contributed by atoms with E-state index in [2.05, 4.69) is 5.32 Å². The van der Waals surface area contributed by atoms with Gasteiger partial charge in [-0.3, -0.25) is 0 Å². The van der Waals surface area contributed by atoms with Gasteiger partial charge in [-0.15, -0.1) is 0 Å². The van der Waals surface area contributed by atoms with Gasteiger partial charge in [-0.05, 0) is 43.9 Å². The van der Waals surface area contributed by atoms with Crippen molar-refractivity contribution in [3.05, 3.63) is 28.2 Å². The molecular weight excluding hydrogens is 299 g/mol. The molecule has 0 aliphatic carbocycles. The molecule has 1 atom stereocenters. The number of urea groups is 1. The Bertz CT molecular complexity index is 480. The molecule has 6 heteroatoms. The molecule has 2 N–H and O–H groups in total. The summed E-state index contributed by atoms with van der Waals surface area (Å²) < 4.78 is 0. The topological polar surface area (TPSA) is 52.6 Å². The number of nitrogens with one attached hydrogen (secondary N) is 1. The van der Waals surface area contributed by atoms with Crippen molar-refractivity contribution in [3.8, 4) is 0 Å². The number of likely N-dealkylation sites (tertiary alicyclic amines) is 1. The van der Waals surface area contributed by atoms with Crippen molar-refractivity contribution in [3.63, 3.8) is 0 Å². The molecule has 1 aliphatic heterocycles. The summed E-state index contributed by atoms with van der Waals surface area (Å²) in [6, 6.07) is 4.86. The normalized spacial score (nSPS) is 18.9. The number of hydrogen-bond donors (Lipinski definition) is 2. The van der Waals surface area contributed by atoms with E-state index in [0.717, 1.165) is 19.3 Å². The van der Waals surface area contributed by atoms with Gasteiger partial charge in [0.2, 0.25) is 0 Å². The third-order valence-electron chi connectivity index (χ3n) is 3.52. The van der Waals surface area contributed by atoms with Crippen molar-refractivity contribution >= 4 is 34.9 Å². The van der Waals surface area contributed by atoms with Gasteiger partial charge in [0.25, 0.3) is 0 Å². The summed E-state index contributed by atoms with van der Waals surface area (Å²) >= 11 is 12.0. The molecule has 0 aromatic heterocycles. The first-order valence-corrected chi connectivity index (χ1v) is 7.51. The highest BCUT2D eigenvalue weighted by molar-refractivity contribution is 6.35. The molecule has 1 unspecified atom stereocenters. The van der Waals surface area contributed by atoms with Crippen LogP contribution in [0.1, 0.15) is 25.7 Å². The quantitative estimate of drug-likeness (QED) is 0.892. The van der Waals surface area contributed by atoms with Crippen LogP contribution >= 0.6 is 23.2 Å². The molecule has 0 spiro atoms. The minimum Gasteiger partial charge on any atom is -0.396 e. The molecule has 1 aliphatic rings. The Labute approximate surface area is 128 Å². The number of amides is 2. The summed E-state index contributed by atoms with van der Waals surface area (Å²) in [5.74, 6) is 0. The number of aliphatic hydroxyl groups is 1. The first-order chi connectivity index (χ1) is 9.61. The first-order valence-electron chi connectivity index (χ1n) is 6.75. The Hall–Kier alpha value is -0.970. The average molecular weight is 317 g/mol. The number of rotatable bonds is 3. The van der Waals surface area contributed by atoms with E-state index in [1.807, 2.05) is 0 Å². The number of carbonyl (C=O) groups excluding carboxylic acids is 1. The van der Waals surface area contributed by atoms with Crippen LogP contribution in [0.2, 0.25) is 10.0 Å². The third kappa shape index (κ3) is 3.78. The highest BCUT2D eigenvalue weighted by Gasteiger charge is 2.26. The molecule has 1 fully saturated rings. The molecule has 110 valence electrons. The molecule has 2 amide bonds. The van der Waals surface area contributed by atoms with Gasteiger partial charge in [-0.25, -0.2) is 4.79 Å². The lowest BCUT2D eigenvalue weighted by molar-refractivity contribution is 0.141. The Morgan fingerprint density at radius 2 is 2.20 bits per heavy atom. The number of benzene rings is 1. The summed E-state index contributed by atoms with van der Waals surface area (Å²) in [4.78, 5) is 14.1. The lowest BCUT2D eigenvalue weighted by atomic mass is 10.0. The predicted molar refractivity (Wildman–Crippen MR) is 81.5 cm³/mol. The predicted octanol–water partition coefficient (Wildman–Crippen LogP) is 3.76. The summed E-state index contributed by atoms with van der Waals surface area (Å²) in [5, 5.41) is 12.9. The highest BCUT2D eigenvalue weighted by atomic mass is 35.5. The smallest absolute Gasteiger partial charge is 0.322 e. The third-order valence-corrected chi connectivity index (χ3v) is 4.09. The number of anilines is 1. The second-order valence-corrected chi connectivity index (χ2v) is 5.75. The van der Waals surface area contributed by atoms with Crippen molar-refractivity contribution in [1.82, 2.24) is 4.90 Å². The van der Waals surface area contributed by atoms with E-state index in [0.29, 0.717) is 28.7 Å². The van der Waals surface area contributed by atoms with E-state index in [1.165, 1.54) is 0 Å². The van der Waals surface area contributed by atoms with Crippen LogP contribution in [0.3, 0.4) is 0 Å². The van der Waals surface area contributed by atoms with E-state index >= 15 is 0 Å². The van der Waals surface area contributed by atoms with Gasteiger partial charge < -0.3 is 15.3 Å². The molecule has 1 aromatic rings. The largest absolute Gasteiger partial charge is 0.396 e. The van der Waals surface area contributed by atoms with Crippen LogP contribution in [0.4, 0.5) is 10.5 Å². The molecule has 2 rings (SSSR count). The van der Waals surface area contributed by atoms with Crippen LogP contribution in [-0.4, -0.2) is 35.2 Å². The molecule has 1 saturated heterocycles. The average Bonchev–Trinajstić information content (AvgIpc) is 2.44. The second-order valence-electron chi connectivity index (χ2n) is 4.91. The first kappa shape index (κ1) is 15.4. The zero-order valence-electron chi connectivity index (χ0n) is 11.1. The maximum atomic E-state index is 12.3. The fraction of sp³-hybridized carbons (Fsp3) is 0.500. The molecule has 0 radical (unpaired) electrons. The van der Waals surface area contributed by atoms with E-state index in [1.54, 1.807) is 23.1 Å². The zero-order chi connectivity index (χ0) is 14.5. The Kier molecular flexibility index (Phi) is 5.52. The van der Waals surface area contributed by atoms with E-state index in [-0.39, 0.29) is 18.7 Å². The van der Waals surface area contributed by atoms with Gasteiger partial charge in [0.15, 0.2) is 0 Å². The Balaban J connectivity index is 2.07. The van der Waals surface area contributed by atoms with Gasteiger partial charge in [0.1, 0.15) is 0 Å². The number of nitrogens with zero attached hydrogens (tertiary/aromatic N) is 1. The van der Waals surface area contributed by atoms with Gasteiger partial charge in [0.05, 0.1) is 10.7 Å². The van der Waals surface area contributed by atoms with Crippen LogP contribution in [-0.2, 0) is 0 Å². The summed E-state index contributed by atoms with van der Waals surface area (Å²) in [5.41, 5.74) is 0.512. The van der Waals surface area contributed by atoms with Gasteiger partial charge in [-0.1, -0.05) is 23.2 Å². The molecule has 1 aromatic carbocycles. The number of piperidine rings is 1. The SMILES string of the molecule is O=C(Nc1cc(Cl)ccc1Cl)N1CCCCC1CCO. The molecule has 20 heavy (non-hydrogen) atoms. The number of aliphatic hydroxyl groups excluding tert-OH is 1. The Morgan fingerprint density at radius 1 is 1.40 bits per heavy atom. The van der Waals surface area contributed by atoms with Crippen molar-refractivity contribution < 1.29 is 9.90 Å². The standard InChI is InChI=1S/C14H18Cl2N2O2/c15-10-4-5-12(16)13(9-10)17-14(20)18-7-2-1-3-11(18)6-8-19/h4-5,9,11,19H,1-3,6-8H2,(H,17,20). The molecule has 0 saturated carbocycles. The van der Waals surface area contributed by atoms with Crippen molar-refractivity contribution in [2.75, 3.05) is 18.5 Å². The molecule has 4 nitrogen and oxygen atoms in total. The van der Waals surface area contributed by atoms with Crippen molar-refractivity contribution in [1.29, 1.82) is 0 Å². The number of hydrogen-bond acceptors (Lipinski definition) is 2. The van der Waals surface area contributed by atoms with Crippen molar-refractivity contribution in [2.45, 2.75) is 31.7 Å². The monoisotopic (exact) mass is 316 g/mol. The van der Waals surface area contributed by atoms with Gasteiger partial charge in [-0.2, -0.15) is 0 Å². The highest BCUT2D eigenvalue weighted by Crippen LogP contribution is 2.27. The summed E-state index contributed by atoms with van der Waals surface area (Å²) in [7, 11) is 0. The summed E-state index contributed by atoms with van der Waals surface area (Å²) in [6.07, 6.45) is 3.61. The fourth-order valence-corrected chi connectivity index (χ4v) is 2.83. The van der Waals surface area contributed by atoms with Crippen LogP contribution in [0.5, 0.6) is 0 Å². The van der Waals surface area contributed by atoms with E-state index in [9.17, 15) is 4.79 Å². The van der Waals surface area contributed by atoms with E-state index < -0.39 is 0 Å². The van der Waals surface area contributed by atoms with Crippen molar-refractivity contribution in [2.24, 2.45) is 0 Å². The molecule has 0 bridgehead atoms. The van der Waals surface area contributed by atoms with Gasteiger partial charge >= 0.3 is 6.03 Å². The minimum atomic E-state index is -0.188. The van der Waals surface area contributed by atoms with E-state index in [4.69, 9.17) is 28.3 Å². The maximum Gasteiger partial charge on any atom is 0.322 e. The summed E-state index contributed by atoms with van der Waals surface area (Å²) in [6.45, 7) is 0.793. The minimum absolute atomic E-state index is 0.0895. The van der Waals surface area contributed by atoms with Crippen LogP contribution < -0.4 is 5.32 Å². The molecular formula is C14H18Cl2N2O2. The fourth-order valence-electron chi connectivity index (χ4n) is 2.50. The zero-order valence-corrected chi connectivity index (χ0v) is 12.6. The van der Waals surface area contributed by atoms with Crippen LogP contribution in [0.25, 0.3) is 0 Å². The lowest BCUT2D eigenvalue weighted by Gasteiger charge is -2.35. The number of carbonyl (C=O) groups is 1. The maximum absolute atomic E-state index is 12.3. The lowest BCUT2D eigenvalue weighted by Crippen LogP contribution is -2.46. The molecule has 1 heterocycles.